The largest absolute Gasteiger partial charge is 0.368 e. The van der Waals surface area contributed by atoms with Crippen molar-refractivity contribution in [1.29, 1.82) is 0 Å². The predicted molar refractivity (Wildman–Crippen MR) is 141 cm³/mol. The number of anilines is 3. The van der Waals surface area contributed by atoms with Gasteiger partial charge in [0.05, 0.1) is 23.0 Å². The lowest BCUT2D eigenvalue weighted by Crippen LogP contribution is -2.46. The Kier molecular flexibility index (Phi) is 5.80. The van der Waals surface area contributed by atoms with Crippen molar-refractivity contribution in [3.8, 4) is 10.6 Å². The van der Waals surface area contributed by atoms with Crippen LogP contribution in [0.5, 0.6) is 0 Å². The summed E-state index contributed by atoms with van der Waals surface area (Å²) < 4.78 is 14.8. The van der Waals surface area contributed by atoms with E-state index < -0.39 is 5.82 Å². The van der Waals surface area contributed by atoms with Gasteiger partial charge in [0.25, 0.3) is 0 Å². The van der Waals surface area contributed by atoms with Crippen molar-refractivity contribution in [2.24, 2.45) is 5.41 Å². The number of carbonyl (C=O) groups is 1. The molecule has 7 nitrogen and oxygen atoms in total. The number of pyridine rings is 1. The first kappa shape index (κ1) is 23.5. The number of thiophene rings is 1. The number of piperazine rings is 1. The summed E-state index contributed by atoms with van der Waals surface area (Å²) in [5, 5.41) is 3.10. The van der Waals surface area contributed by atoms with Crippen molar-refractivity contribution in [2.75, 3.05) is 42.9 Å². The highest BCUT2D eigenvalue weighted by Crippen LogP contribution is 2.69. The van der Waals surface area contributed by atoms with Crippen molar-refractivity contribution in [3.05, 3.63) is 46.9 Å². The van der Waals surface area contributed by atoms with Crippen LogP contribution in [0.3, 0.4) is 0 Å². The van der Waals surface area contributed by atoms with E-state index in [4.69, 9.17) is 0 Å². The molecule has 1 spiro atoms. The Morgan fingerprint density at radius 2 is 1.92 bits per heavy atom. The SMILES string of the molecule is CCN1CCN(c2ccc(Nc3ncc(F)c(-c4cc(C=O)c(C5(C)CC6(CC6)C5)s4)n3)nc2)CC1. The maximum Gasteiger partial charge on any atom is 0.229 e. The number of hydrogen-bond donors (Lipinski definition) is 1. The van der Waals surface area contributed by atoms with Crippen molar-refractivity contribution in [2.45, 2.75) is 44.9 Å². The quantitative estimate of drug-likeness (QED) is 0.438. The molecule has 0 aromatic carbocycles. The fourth-order valence-electron chi connectivity index (χ4n) is 6.06. The van der Waals surface area contributed by atoms with E-state index in [1.807, 2.05) is 18.3 Å². The monoisotopic (exact) mass is 506 g/mol. The molecule has 0 amide bonds. The zero-order valence-electron chi connectivity index (χ0n) is 20.8. The lowest BCUT2D eigenvalue weighted by Gasteiger charge is -2.46. The summed E-state index contributed by atoms with van der Waals surface area (Å²) in [6, 6.07) is 5.71. The number of likely N-dealkylation sites (N-methyl/N-ethyl adjacent to an activating group) is 1. The smallest absolute Gasteiger partial charge is 0.229 e. The maximum atomic E-state index is 14.8. The molecule has 0 atom stereocenters. The molecule has 2 saturated carbocycles. The number of aldehydes is 1. The van der Waals surface area contributed by atoms with Crippen LogP contribution >= 0.6 is 11.3 Å². The van der Waals surface area contributed by atoms with Gasteiger partial charge in [-0.05, 0) is 55.8 Å². The van der Waals surface area contributed by atoms with Gasteiger partial charge in [0.2, 0.25) is 5.95 Å². The first-order valence-corrected chi connectivity index (χ1v) is 13.5. The third-order valence-electron chi connectivity index (χ3n) is 8.07. The van der Waals surface area contributed by atoms with Gasteiger partial charge < -0.3 is 15.1 Å². The summed E-state index contributed by atoms with van der Waals surface area (Å²) in [7, 11) is 0. The minimum atomic E-state index is -0.502. The fraction of sp³-hybridized carbons (Fsp3) is 0.481. The average molecular weight is 507 g/mol. The van der Waals surface area contributed by atoms with E-state index in [1.165, 1.54) is 30.4 Å². The molecule has 3 aromatic heterocycles. The highest BCUT2D eigenvalue weighted by Gasteiger charge is 2.60. The molecule has 1 aliphatic heterocycles. The molecule has 0 radical (unpaired) electrons. The third kappa shape index (κ3) is 4.28. The van der Waals surface area contributed by atoms with Crippen molar-refractivity contribution < 1.29 is 9.18 Å². The van der Waals surface area contributed by atoms with E-state index in [-0.39, 0.29) is 17.1 Å². The van der Waals surface area contributed by atoms with Gasteiger partial charge in [-0.15, -0.1) is 11.3 Å². The fourth-order valence-corrected chi connectivity index (χ4v) is 7.32. The normalized spacial score (nSPS) is 20.2. The van der Waals surface area contributed by atoms with Crippen molar-refractivity contribution in [3.63, 3.8) is 0 Å². The van der Waals surface area contributed by atoms with E-state index in [0.29, 0.717) is 21.7 Å². The summed E-state index contributed by atoms with van der Waals surface area (Å²) in [4.78, 5) is 31.5. The number of nitrogens with one attached hydrogen (secondary N) is 1. The summed E-state index contributed by atoms with van der Waals surface area (Å²) in [6.45, 7) is 9.57. The van der Waals surface area contributed by atoms with Gasteiger partial charge in [0.15, 0.2) is 12.1 Å². The van der Waals surface area contributed by atoms with Gasteiger partial charge in [-0.2, -0.15) is 0 Å². The van der Waals surface area contributed by atoms with Crippen molar-refractivity contribution >= 4 is 35.1 Å². The number of halogens is 1. The van der Waals surface area contributed by atoms with Gasteiger partial charge in [-0.1, -0.05) is 13.8 Å². The molecule has 3 fully saturated rings. The number of hydrogen-bond acceptors (Lipinski definition) is 8. The lowest BCUT2D eigenvalue weighted by atomic mass is 9.59. The van der Waals surface area contributed by atoms with E-state index in [0.717, 1.165) is 62.4 Å². The maximum absolute atomic E-state index is 14.8. The Labute approximate surface area is 214 Å². The molecule has 9 heteroatoms. The van der Waals surface area contributed by atoms with Gasteiger partial charge in [-0.3, -0.25) is 4.79 Å². The molecule has 188 valence electrons. The number of carbonyl (C=O) groups excluding carboxylic acids is 1. The van der Waals surface area contributed by atoms with Gasteiger partial charge >= 0.3 is 0 Å². The Bertz CT molecular complexity index is 1270. The molecule has 1 N–H and O–H groups in total. The van der Waals surface area contributed by atoms with E-state index in [9.17, 15) is 9.18 Å². The highest BCUT2D eigenvalue weighted by molar-refractivity contribution is 7.16. The van der Waals surface area contributed by atoms with Crippen LogP contribution in [0.25, 0.3) is 10.6 Å². The Balaban J connectivity index is 1.19. The van der Waals surface area contributed by atoms with Crippen LogP contribution in [-0.2, 0) is 5.41 Å². The molecule has 36 heavy (non-hydrogen) atoms. The standard InChI is InChI=1S/C27H31FN6OS/c1-3-33-8-10-34(11-9-33)19-4-5-22(29-13-19)31-25-30-14-20(28)23(32-25)21-12-18(15-35)24(36-21)26(2)16-27(17-26)6-7-27/h4-5,12-15H,3,6-11,16-17H2,1-2H3,(H,29,30,31,32). The highest BCUT2D eigenvalue weighted by atomic mass is 32.1. The van der Waals surface area contributed by atoms with E-state index >= 15 is 0 Å². The summed E-state index contributed by atoms with van der Waals surface area (Å²) >= 11 is 1.48. The summed E-state index contributed by atoms with van der Waals surface area (Å²) in [6.07, 6.45) is 8.71. The van der Waals surface area contributed by atoms with Crippen LogP contribution in [0.1, 0.15) is 54.8 Å². The molecule has 6 rings (SSSR count). The first-order chi connectivity index (χ1) is 17.4. The molecule has 2 aliphatic carbocycles. The zero-order valence-corrected chi connectivity index (χ0v) is 21.6. The Morgan fingerprint density at radius 1 is 1.14 bits per heavy atom. The average Bonchev–Trinajstić information content (AvgIpc) is 3.53. The van der Waals surface area contributed by atoms with Crippen LogP contribution in [0.2, 0.25) is 0 Å². The molecular formula is C27H31FN6OS. The second-order valence-electron chi connectivity index (χ2n) is 10.8. The minimum Gasteiger partial charge on any atom is -0.368 e. The third-order valence-corrected chi connectivity index (χ3v) is 9.54. The van der Waals surface area contributed by atoms with E-state index in [2.05, 4.69) is 43.9 Å². The van der Waals surface area contributed by atoms with Crippen LogP contribution < -0.4 is 10.2 Å². The number of aromatic nitrogens is 3. The molecule has 4 heterocycles. The Morgan fingerprint density at radius 3 is 2.56 bits per heavy atom. The first-order valence-electron chi connectivity index (χ1n) is 12.7. The van der Waals surface area contributed by atoms with Crippen LogP contribution in [0.15, 0.2) is 30.6 Å². The predicted octanol–water partition coefficient (Wildman–Crippen LogP) is 5.27. The Hall–Kier alpha value is -2.91. The van der Waals surface area contributed by atoms with Crippen LogP contribution in [0, 0.1) is 11.2 Å². The summed E-state index contributed by atoms with van der Waals surface area (Å²) in [5.74, 6) is 0.371. The van der Waals surface area contributed by atoms with E-state index in [1.54, 1.807) is 6.07 Å². The molecule has 1 saturated heterocycles. The second kappa shape index (κ2) is 8.88. The molecular weight excluding hydrogens is 475 g/mol. The topological polar surface area (TPSA) is 74.2 Å². The zero-order chi connectivity index (χ0) is 24.9. The summed E-state index contributed by atoms with van der Waals surface area (Å²) in [5.41, 5.74) is 2.44. The molecule has 0 bridgehead atoms. The van der Waals surface area contributed by atoms with Gasteiger partial charge in [0, 0.05) is 42.0 Å². The molecule has 3 aromatic rings. The van der Waals surface area contributed by atoms with Crippen molar-refractivity contribution in [1.82, 2.24) is 19.9 Å². The number of nitrogens with zero attached hydrogens (tertiary/aromatic N) is 5. The molecule has 3 aliphatic rings. The van der Waals surface area contributed by atoms with Crippen LogP contribution in [0.4, 0.5) is 21.8 Å². The van der Waals surface area contributed by atoms with Gasteiger partial charge in [-0.25, -0.2) is 19.3 Å². The second-order valence-corrected chi connectivity index (χ2v) is 11.8. The molecule has 0 unspecified atom stereocenters. The minimum absolute atomic E-state index is 0.00487. The van der Waals surface area contributed by atoms with Gasteiger partial charge in [0.1, 0.15) is 11.5 Å². The lowest BCUT2D eigenvalue weighted by molar-refractivity contribution is 0.110. The number of rotatable bonds is 7. The van der Waals surface area contributed by atoms with Crippen LogP contribution in [-0.4, -0.2) is 58.9 Å².